The number of anilines is 2. The predicted octanol–water partition coefficient (Wildman–Crippen LogP) is 4.02. The molecule has 0 saturated heterocycles. The van der Waals surface area contributed by atoms with E-state index in [1.807, 2.05) is 6.07 Å². The first-order chi connectivity index (χ1) is 13.0. The molecule has 0 bridgehead atoms. The van der Waals surface area contributed by atoms with Gasteiger partial charge in [0.15, 0.2) is 0 Å². The summed E-state index contributed by atoms with van der Waals surface area (Å²) in [6.07, 6.45) is 3.48. The number of halogens is 1. The Hall–Kier alpha value is -3.05. The van der Waals surface area contributed by atoms with Crippen LogP contribution in [0.2, 0.25) is 5.02 Å². The molecule has 4 rings (SSSR count). The molecule has 5 nitrogen and oxygen atoms in total. The molecule has 1 aliphatic rings. The average Bonchev–Trinajstić information content (AvgIpc) is 3.06. The molecular weight excluding hydrogens is 360 g/mol. The second-order valence-electron chi connectivity index (χ2n) is 6.68. The van der Waals surface area contributed by atoms with Crippen molar-refractivity contribution in [2.24, 2.45) is 0 Å². The van der Waals surface area contributed by atoms with Crippen LogP contribution in [0.4, 0.5) is 11.5 Å². The van der Waals surface area contributed by atoms with Gasteiger partial charge in [0.25, 0.3) is 0 Å². The number of hydrogen-bond donors (Lipinski definition) is 4. The zero-order valence-electron chi connectivity index (χ0n) is 14.5. The largest absolute Gasteiger partial charge is 0.506 e. The monoisotopic (exact) mass is 378 g/mol. The van der Waals surface area contributed by atoms with E-state index in [0.717, 1.165) is 18.5 Å². The number of pyridine rings is 1. The standard InChI is InChI=1S/C21H19ClN4O/c22-16-6-5-14(11-18(16)27)20(23)19-17(7-8-25-21(19)24)26-15-9-12-3-1-2-4-13(12)10-15/h1-8,11,15,23,27H,9-10H2,(H3,24,25,26). The summed E-state index contributed by atoms with van der Waals surface area (Å²) in [7, 11) is 0. The van der Waals surface area contributed by atoms with Crippen LogP contribution in [-0.2, 0) is 12.8 Å². The predicted molar refractivity (Wildman–Crippen MR) is 109 cm³/mol. The number of fused-ring (bicyclic) bond motifs is 1. The summed E-state index contributed by atoms with van der Waals surface area (Å²) in [5.74, 6) is 0.206. The summed E-state index contributed by atoms with van der Waals surface area (Å²) < 4.78 is 0. The molecule has 0 amide bonds. The van der Waals surface area contributed by atoms with Crippen LogP contribution in [0.3, 0.4) is 0 Å². The molecule has 1 aliphatic carbocycles. The van der Waals surface area contributed by atoms with E-state index in [1.54, 1.807) is 18.3 Å². The number of nitrogen functional groups attached to an aromatic ring is 1. The number of nitrogens with two attached hydrogens (primary N) is 1. The maximum Gasteiger partial charge on any atom is 0.134 e. The van der Waals surface area contributed by atoms with Crippen molar-refractivity contribution in [2.75, 3.05) is 11.1 Å². The van der Waals surface area contributed by atoms with Gasteiger partial charge >= 0.3 is 0 Å². The molecule has 2 aromatic carbocycles. The highest BCUT2D eigenvalue weighted by Gasteiger charge is 2.23. The molecule has 6 heteroatoms. The second kappa shape index (κ2) is 6.93. The third-order valence-electron chi connectivity index (χ3n) is 4.88. The van der Waals surface area contributed by atoms with E-state index in [9.17, 15) is 5.11 Å². The summed E-state index contributed by atoms with van der Waals surface area (Å²) in [5, 5.41) is 22.2. The van der Waals surface area contributed by atoms with Gasteiger partial charge in [0, 0.05) is 23.5 Å². The number of phenols is 1. The van der Waals surface area contributed by atoms with Crippen LogP contribution in [0.5, 0.6) is 5.75 Å². The van der Waals surface area contributed by atoms with Crippen molar-refractivity contribution in [3.05, 3.63) is 82.0 Å². The maximum absolute atomic E-state index is 9.87. The third-order valence-corrected chi connectivity index (χ3v) is 5.20. The van der Waals surface area contributed by atoms with Crippen LogP contribution in [-0.4, -0.2) is 21.8 Å². The van der Waals surface area contributed by atoms with Crippen LogP contribution >= 0.6 is 11.6 Å². The summed E-state index contributed by atoms with van der Waals surface area (Å²) in [4.78, 5) is 4.15. The van der Waals surface area contributed by atoms with Crippen molar-refractivity contribution >= 4 is 28.8 Å². The van der Waals surface area contributed by atoms with Gasteiger partial charge < -0.3 is 16.2 Å². The van der Waals surface area contributed by atoms with Crippen molar-refractivity contribution < 1.29 is 5.11 Å². The highest BCUT2D eigenvalue weighted by molar-refractivity contribution is 6.32. The van der Waals surface area contributed by atoms with Crippen molar-refractivity contribution in [2.45, 2.75) is 18.9 Å². The lowest BCUT2D eigenvalue weighted by Gasteiger charge is -2.19. The van der Waals surface area contributed by atoms with E-state index < -0.39 is 0 Å². The van der Waals surface area contributed by atoms with E-state index in [2.05, 4.69) is 34.6 Å². The Labute approximate surface area is 162 Å². The smallest absolute Gasteiger partial charge is 0.134 e. The fourth-order valence-electron chi connectivity index (χ4n) is 3.55. The summed E-state index contributed by atoms with van der Waals surface area (Å²) >= 11 is 5.88. The topological polar surface area (TPSA) is 95.0 Å². The Kier molecular flexibility index (Phi) is 4.46. The number of nitrogens with one attached hydrogen (secondary N) is 2. The molecule has 0 atom stereocenters. The van der Waals surface area contributed by atoms with E-state index in [4.69, 9.17) is 22.7 Å². The number of hydrogen-bond acceptors (Lipinski definition) is 5. The Morgan fingerprint density at radius 1 is 1.15 bits per heavy atom. The molecular formula is C21H19ClN4O. The molecule has 0 fully saturated rings. The zero-order chi connectivity index (χ0) is 19.0. The lowest BCUT2D eigenvalue weighted by molar-refractivity contribution is 0.475. The normalized spacial score (nSPS) is 13.4. The first-order valence-corrected chi connectivity index (χ1v) is 9.06. The van der Waals surface area contributed by atoms with Crippen LogP contribution < -0.4 is 11.1 Å². The molecule has 0 aliphatic heterocycles. The van der Waals surface area contributed by atoms with Crippen molar-refractivity contribution in [3.63, 3.8) is 0 Å². The van der Waals surface area contributed by atoms with Gasteiger partial charge in [0.1, 0.15) is 11.6 Å². The molecule has 136 valence electrons. The van der Waals surface area contributed by atoms with E-state index >= 15 is 0 Å². The first-order valence-electron chi connectivity index (χ1n) is 8.68. The molecule has 27 heavy (non-hydrogen) atoms. The molecule has 0 saturated carbocycles. The van der Waals surface area contributed by atoms with Crippen molar-refractivity contribution in [1.29, 1.82) is 5.41 Å². The van der Waals surface area contributed by atoms with Crippen LogP contribution in [0.15, 0.2) is 54.7 Å². The highest BCUT2D eigenvalue weighted by atomic mass is 35.5. The number of aromatic nitrogens is 1. The third kappa shape index (κ3) is 3.34. The minimum absolute atomic E-state index is 0.0675. The van der Waals surface area contributed by atoms with Crippen molar-refractivity contribution in [3.8, 4) is 5.75 Å². The Balaban J connectivity index is 1.64. The first kappa shape index (κ1) is 17.4. The zero-order valence-corrected chi connectivity index (χ0v) is 15.3. The SMILES string of the molecule is N=C(c1ccc(Cl)c(O)c1)c1c(NC2Cc3ccccc3C2)ccnc1N. The Morgan fingerprint density at radius 2 is 1.85 bits per heavy atom. The molecule has 1 heterocycles. The molecule has 5 N–H and O–H groups in total. The Morgan fingerprint density at radius 3 is 2.52 bits per heavy atom. The molecule has 1 aromatic heterocycles. The number of benzene rings is 2. The van der Waals surface area contributed by atoms with Crippen LogP contribution in [0.25, 0.3) is 0 Å². The quantitative estimate of drug-likeness (QED) is 0.516. The lowest BCUT2D eigenvalue weighted by atomic mass is 10.0. The molecule has 3 aromatic rings. The van der Waals surface area contributed by atoms with Crippen molar-refractivity contribution in [1.82, 2.24) is 4.98 Å². The molecule has 0 spiro atoms. The minimum Gasteiger partial charge on any atom is -0.506 e. The van der Waals surface area contributed by atoms with Gasteiger partial charge in [-0.05, 0) is 42.2 Å². The number of rotatable bonds is 4. The van der Waals surface area contributed by atoms with Gasteiger partial charge in [-0.1, -0.05) is 41.9 Å². The van der Waals surface area contributed by atoms with Gasteiger partial charge in [0.05, 0.1) is 16.3 Å². The maximum atomic E-state index is 9.87. The van der Waals surface area contributed by atoms with Gasteiger partial charge in [-0.25, -0.2) is 4.98 Å². The van der Waals surface area contributed by atoms with Gasteiger partial charge in [0.2, 0.25) is 0 Å². The van der Waals surface area contributed by atoms with Crippen LogP contribution in [0, 0.1) is 5.41 Å². The van der Waals surface area contributed by atoms with E-state index in [-0.39, 0.29) is 28.3 Å². The Bertz CT molecular complexity index is 1010. The second-order valence-corrected chi connectivity index (χ2v) is 7.09. The van der Waals surface area contributed by atoms with Gasteiger partial charge in [-0.15, -0.1) is 0 Å². The lowest BCUT2D eigenvalue weighted by Crippen LogP contribution is -2.22. The van der Waals surface area contributed by atoms with E-state index in [1.165, 1.54) is 17.2 Å². The van der Waals surface area contributed by atoms with Gasteiger partial charge in [-0.3, -0.25) is 5.41 Å². The number of aromatic hydroxyl groups is 1. The summed E-state index contributed by atoms with van der Waals surface area (Å²) in [6.45, 7) is 0. The summed E-state index contributed by atoms with van der Waals surface area (Å²) in [6, 6.07) is 15.2. The number of phenolic OH excluding ortho intramolecular Hbond substituents is 1. The average molecular weight is 379 g/mol. The fraction of sp³-hybridized carbons (Fsp3) is 0.143. The van der Waals surface area contributed by atoms with Crippen LogP contribution in [0.1, 0.15) is 22.3 Å². The molecule has 0 radical (unpaired) electrons. The molecule has 0 unspecified atom stereocenters. The van der Waals surface area contributed by atoms with E-state index in [0.29, 0.717) is 11.1 Å². The summed E-state index contributed by atoms with van der Waals surface area (Å²) in [5.41, 5.74) is 10.8. The number of nitrogens with zero attached hydrogens (tertiary/aromatic N) is 1. The van der Waals surface area contributed by atoms with Gasteiger partial charge in [-0.2, -0.15) is 0 Å². The minimum atomic E-state index is -0.0675. The fourth-order valence-corrected chi connectivity index (χ4v) is 3.67. The highest BCUT2D eigenvalue weighted by Crippen LogP contribution is 2.30.